The van der Waals surface area contributed by atoms with Gasteiger partial charge in [-0.3, -0.25) is 15.0 Å². The van der Waals surface area contributed by atoms with Gasteiger partial charge >= 0.3 is 6.03 Å². The summed E-state index contributed by atoms with van der Waals surface area (Å²) in [6.45, 7) is 5.87. The smallest absolute Gasteiger partial charge is 0.320 e. The molecule has 4 amide bonds. The average molecular weight is 456 g/mol. The SMILES string of the molecule is CCC1(c2ccccc2)NC(=O)N(NC(=O)CSc2nc(C)c(C)n2C2CCCC2)C1=O. The molecule has 0 spiro atoms. The van der Waals surface area contributed by atoms with Crippen molar-refractivity contribution in [1.29, 1.82) is 0 Å². The number of aromatic nitrogens is 2. The first-order valence-electron chi connectivity index (χ1n) is 11.1. The molecular weight excluding hydrogens is 426 g/mol. The first-order valence-corrected chi connectivity index (χ1v) is 12.1. The molecule has 2 heterocycles. The Bertz CT molecular complexity index is 1030. The van der Waals surface area contributed by atoms with Crippen molar-refractivity contribution in [2.75, 3.05) is 5.75 Å². The van der Waals surface area contributed by atoms with E-state index in [0.717, 1.165) is 34.4 Å². The molecule has 1 saturated carbocycles. The van der Waals surface area contributed by atoms with Gasteiger partial charge in [-0.05, 0) is 38.7 Å². The van der Waals surface area contributed by atoms with Crippen LogP contribution in [-0.4, -0.2) is 38.2 Å². The summed E-state index contributed by atoms with van der Waals surface area (Å²) in [7, 11) is 0. The van der Waals surface area contributed by atoms with Gasteiger partial charge in [-0.1, -0.05) is 61.9 Å². The Balaban J connectivity index is 1.45. The summed E-state index contributed by atoms with van der Waals surface area (Å²) in [6, 6.07) is 8.89. The number of hydrazine groups is 1. The third-order valence-electron chi connectivity index (χ3n) is 6.50. The third kappa shape index (κ3) is 3.90. The number of rotatable bonds is 7. The van der Waals surface area contributed by atoms with Crippen LogP contribution in [0.25, 0.3) is 0 Å². The molecule has 1 saturated heterocycles. The van der Waals surface area contributed by atoms with E-state index in [-0.39, 0.29) is 5.75 Å². The van der Waals surface area contributed by atoms with Gasteiger partial charge in [-0.15, -0.1) is 0 Å². The van der Waals surface area contributed by atoms with Crippen LogP contribution in [0.15, 0.2) is 35.5 Å². The maximum Gasteiger partial charge on any atom is 0.344 e. The first kappa shape index (κ1) is 22.4. The van der Waals surface area contributed by atoms with Crippen LogP contribution >= 0.6 is 11.8 Å². The zero-order valence-corrected chi connectivity index (χ0v) is 19.5. The van der Waals surface area contributed by atoms with Crippen molar-refractivity contribution >= 4 is 29.6 Å². The van der Waals surface area contributed by atoms with Crippen molar-refractivity contribution in [3.8, 4) is 0 Å². The molecule has 1 aromatic carbocycles. The van der Waals surface area contributed by atoms with Crippen LogP contribution in [0.2, 0.25) is 0 Å². The minimum atomic E-state index is -1.17. The van der Waals surface area contributed by atoms with E-state index in [1.165, 1.54) is 24.6 Å². The summed E-state index contributed by atoms with van der Waals surface area (Å²) < 4.78 is 2.24. The van der Waals surface area contributed by atoms with Crippen molar-refractivity contribution < 1.29 is 14.4 Å². The number of imide groups is 1. The molecule has 2 aromatic rings. The highest BCUT2D eigenvalue weighted by molar-refractivity contribution is 7.99. The van der Waals surface area contributed by atoms with Gasteiger partial charge in [0.25, 0.3) is 5.91 Å². The lowest BCUT2D eigenvalue weighted by Gasteiger charge is -2.25. The molecule has 9 heteroatoms. The number of benzene rings is 1. The number of nitrogens with zero attached hydrogens (tertiary/aromatic N) is 3. The maximum atomic E-state index is 13.2. The van der Waals surface area contributed by atoms with Gasteiger partial charge in [0.05, 0.1) is 11.4 Å². The fourth-order valence-corrected chi connectivity index (χ4v) is 5.57. The van der Waals surface area contributed by atoms with E-state index in [0.29, 0.717) is 18.0 Å². The van der Waals surface area contributed by atoms with Crippen LogP contribution in [0.3, 0.4) is 0 Å². The van der Waals surface area contributed by atoms with Gasteiger partial charge in [-0.25, -0.2) is 9.78 Å². The topological polar surface area (TPSA) is 96.3 Å². The fraction of sp³-hybridized carbons (Fsp3) is 0.478. The van der Waals surface area contributed by atoms with Gasteiger partial charge in [0.2, 0.25) is 5.91 Å². The average Bonchev–Trinajstić information content (AvgIpc) is 3.48. The molecule has 0 radical (unpaired) electrons. The Hall–Kier alpha value is -2.81. The first-order chi connectivity index (χ1) is 15.4. The van der Waals surface area contributed by atoms with Gasteiger partial charge in [0.15, 0.2) is 5.16 Å². The molecule has 1 aliphatic carbocycles. The number of carbonyl (C=O) groups excluding carboxylic acids is 3. The van der Waals surface area contributed by atoms with Crippen LogP contribution in [0.4, 0.5) is 4.79 Å². The molecule has 1 unspecified atom stereocenters. The van der Waals surface area contributed by atoms with Crippen molar-refractivity contribution in [2.24, 2.45) is 0 Å². The number of aryl methyl sites for hydroxylation is 1. The molecule has 170 valence electrons. The van der Waals surface area contributed by atoms with E-state index in [2.05, 4.69) is 27.2 Å². The Kier molecular flexibility index (Phi) is 6.28. The lowest BCUT2D eigenvalue weighted by atomic mass is 9.87. The van der Waals surface area contributed by atoms with Crippen molar-refractivity contribution in [1.82, 2.24) is 25.3 Å². The second kappa shape index (κ2) is 8.97. The van der Waals surface area contributed by atoms with Crippen LogP contribution in [0, 0.1) is 13.8 Å². The van der Waals surface area contributed by atoms with E-state index in [1.54, 1.807) is 12.1 Å². The van der Waals surface area contributed by atoms with Crippen molar-refractivity contribution in [2.45, 2.75) is 69.6 Å². The van der Waals surface area contributed by atoms with Gasteiger partial charge in [0, 0.05) is 11.7 Å². The number of urea groups is 1. The van der Waals surface area contributed by atoms with Gasteiger partial charge in [-0.2, -0.15) is 5.01 Å². The molecule has 1 aliphatic heterocycles. The van der Waals surface area contributed by atoms with E-state index in [4.69, 9.17) is 0 Å². The second-order valence-electron chi connectivity index (χ2n) is 8.39. The minimum absolute atomic E-state index is 0.0597. The van der Waals surface area contributed by atoms with E-state index >= 15 is 0 Å². The molecule has 4 rings (SSSR count). The Labute approximate surface area is 192 Å². The Morgan fingerprint density at radius 3 is 2.56 bits per heavy atom. The lowest BCUT2D eigenvalue weighted by Crippen LogP contribution is -2.49. The zero-order valence-electron chi connectivity index (χ0n) is 18.7. The molecule has 32 heavy (non-hydrogen) atoms. The number of nitrogens with one attached hydrogen (secondary N) is 2. The highest BCUT2D eigenvalue weighted by Crippen LogP contribution is 2.35. The maximum absolute atomic E-state index is 13.2. The van der Waals surface area contributed by atoms with Crippen molar-refractivity contribution in [3.63, 3.8) is 0 Å². The second-order valence-corrected chi connectivity index (χ2v) is 9.34. The largest absolute Gasteiger partial charge is 0.344 e. The predicted molar refractivity (Wildman–Crippen MR) is 122 cm³/mol. The number of hydrogen-bond donors (Lipinski definition) is 2. The normalized spacial score (nSPS) is 21.3. The van der Waals surface area contributed by atoms with Gasteiger partial charge < -0.3 is 9.88 Å². The van der Waals surface area contributed by atoms with Crippen molar-refractivity contribution in [3.05, 3.63) is 47.3 Å². The quantitative estimate of drug-likeness (QED) is 0.491. The molecular formula is C23H29N5O3S. The summed E-state index contributed by atoms with van der Waals surface area (Å²) in [5.74, 6) is -0.840. The highest BCUT2D eigenvalue weighted by Gasteiger charge is 2.52. The van der Waals surface area contributed by atoms with Crippen LogP contribution in [0.5, 0.6) is 0 Å². The predicted octanol–water partition coefficient (Wildman–Crippen LogP) is 3.60. The molecule has 2 N–H and O–H groups in total. The molecule has 2 aliphatic rings. The van der Waals surface area contributed by atoms with Crippen LogP contribution in [-0.2, 0) is 15.1 Å². The summed E-state index contributed by atoms with van der Waals surface area (Å²) in [4.78, 5) is 43.1. The van der Waals surface area contributed by atoms with E-state index < -0.39 is 23.4 Å². The van der Waals surface area contributed by atoms with E-state index in [9.17, 15) is 14.4 Å². The Morgan fingerprint density at radius 1 is 1.22 bits per heavy atom. The summed E-state index contributed by atoms with van der Waals surface area (Å²) in [5.41, 5.74) is 4.10. The Morgan fingerprint density at radius 2 is 1.91 bits per heavy atom. The molecule has 1 atom stereocenters. The van der Waals surface area contributed by atoms with Gasteiger partial charge in [0.1, 0.15) is 5.54 Å². The minimum Gasteiger partial charge on any atom is -0.320 e. The molecule has 1 aromatic heterocycles. The molecule has 2 fully saturated rings. The number of thioether (sulfide) groups is 1. The number of hydrogen-bond acceptors (Lipinski definition) is 5. The summed E-state index contributed by atoms with van der Waals surface area (Å²) in [6.07, 6.45) is 5.03. The van der Waals surface area contributed by atoms with Crippen LogP contribution in [0.1, 0.15) is 62.0 Å². The monoisotopic (exact) mass is 455 g/mol. The fourth-order valence-electron chi connectivity index (χ4n) is 4.62. The standard InChI is InChI=1S/C23H29N5O3S/c1-4-23(17-10-6-5-7-11-17)20(30)28(21(31)25-23)26-19(29)14-32-22-24-15(2)16(3)27(22)18-12-8-9-13-18/h5-7,10-11,18H,4,8-9,12-14H2,1-3H3,(H,25,31)(H,26,29). The molecule has 8 nitrogen and oxygen atoms in total. The third-order valence-corrected chi connectivity index (χ3v) is 7.45. The summed E-state index contributed by atoms with van der Waals surface area (Å²) in [5, 5.41) is 4.39. The lowest BCUT2D eigenvalue weighted by molar-refractivity contribution is -0.138. The van der Waals surface area contributed by atoms with Crippen LogP contribution < -0.4 is 10.7 Å². The van der Waals surface area contributed by atoms with E-state index in [1.807, 2.05) is 32.0 Å². The number of amides is 4. The zero-order chi connectivity index (χ0) is 22.9. The number of imidazole rings is 1. The summed E-state index contributed by atoms with van der Waals surface area (Å²) >= 11 is 1.33. The highest BCUT2D eigenvalue weighted by atomic mass is 32.2. The molecule has 0 bridgehead atoms. The number of carbonyl (C=O) groups is 3.